The van der Waals surface area contributed by atoms with E-state index in [1.54, 1.807) is 36.6 Å². The first kappa shape index (κ1) is 18.4. The van der Waals surface area contributed by atoms with Crippen LogP contribution in [0.2, 0.25) is 0 Å². The van der Waals surface area contributed by atoms with Crippen LogP contribution >= 0.6 is 0 Å². The van der Waals surface area contributed by atoms with E-state index >= 15 is 0 Å². The zero-order valence-corrected chi connectivity index (χ0v) is 14.2. The fourth-order valence-corrected chi connectivity index (χ4v) is 2.54. The highest BCUT2D eigenvalue weighted by molar-refractivity contribution is 5.92. The third kappa shape index (κ3) is 5.28. The lowest BCUT2D eigenvalue weighted by atomic mass is 10.0. The molecule has 1 amide bonds. The van der Waals surface area contributed by atoms with E-state index in [0.29, 0.717) is 11.3 Å². The second-order valence-electron chi connectivity index (χ2n) is 5.65. The fourth-order valence-electron chi connectivity index (χ4n) is 2.54. The van der Waals surface area contributed by atoms with E-state index in [2.05, 4.69) is 10.1 Å². The minimum atomic E-state index is -2.87. The summed E-state index contributed by atoms with van der Waals surface area (Å²) in [6.45, 7) is -2.87. The molecule has 0 aliphatic rings. The molecule has 0 spiro atoms. The third-order valence-electron chi connectivity index (χ3n) is 3.78. The fraction of sp³-hybridized carbons (Fsp3) is 0.0952. The van der Waals surface area contributed by atoms with Gasteiger partial charge in [0.2, 0.25) is 5.91 Å². The van der Waals surface area contributed by atoms with Crippen molar-refractivity contribution in [2.75, 3.05) is 0 Å². The summed E-state index contributed by atoms with van der Waals surface area (Å²) in [4.78, 5) is 12.3. The zero-order chi connectivity index (χ0) is 19.1. The van der Waals surface area contributed by atoms with Crippen molar-refractivity contribution >= 4 is 12.0 Å². The van der Waals surface area contributed by atoms with Crippen LogP contribution in [0.4, 0.5) is 8.78 Å². The average Bonchev–Trinajstić information content (AvgIpc) is 3.20. The lowest BCUT2D eigenvalue weighted by Gasteiger charge is -2.16. The molecule has 2 aromatic carbocycles. The van der Waals surface area contributed by atoms with Crippen LogP contribution in [-0.4, -0.2) is 12.5 Å². The Morgan fingerprint density at radius 1 is 1.00 bits per heavy atom. The molecular weight excluding hydrogens is 352 g/mol. The zero-order valence-electron chi connectivity index (χ0n) is 14.2. The molecule has 0 radical (unpaired) electrons. The number of furan rings is 1. The maximum Gasteiger partial charge on any atom is 0.387 e. The Hall–Kier alpha value is -3.41. The molecule has 0 bridgehead atoms. The van der Waals surface area contributed by atoms with Crippen LogP contribution in [-0.2, 0) is 4.79 Å². The van der Waals surface area contributed by atoms with Crippen molar-refractivity contribution in [1.82, 2.24) is 5.32 Å². The molecule has 1 heterocycles. The van der Waals surface area contributed by atoms with Crippen LogP contribution in [0.1, 0.15) is 22.9 Å². The number of carbonyl (C=O) groups excluding carboxylic acids is 1. The molecule has 0 saturated carbocycles. The van der Waals surface area contributed by atoms with Gasteiger partial charge in [0.05, 0.1) is 6.26 Å². The van der Waals surface area contributed by atoms with Crippen LogP contribution in [0.5, 0.6) is 5.75 Å². The van der Waals surface area contributed by atoms with Gasteiger partial charge in [-0.25, -0.2) is 0 Å². The van der Waals surface area contributed by atoms with E-state index in [0.717, 1.165) is 5.56 Å². The van der Waals surface area contributed by atoms with E-state index in [4.69, 9.17) is 4.42 Å². The Morgan fingerprint density at radius 3 is 2.37 bits per heavy atom. The predicted molar refractivity (Wildman–Crippen MR) is 97.2 cm³/mol. The molecule has 1 N–H and O–H groups in total. The Balaban J connectivity index is 1.68. The molecule has 1 atom stereocenters. The molecular formula is C21H17F2NO3. The molecule has 4 nitrogen and oxygen atoms in total. The second-order valence-corrected chi connectivity index (χ2v) is 5.65. The topological polar surface area (TPSA) is 51.5 Å². The molecule has 0 fully saturated rings. The van der Waals surface area contributed by atoms with E-state index in [9.17, 15) is 13.6 Å². The van der Waals surface area contributed by atoms with Crippen molar-refractivity contribution in [2.24, 2.45) is 0 Å². The summed E-state index contributed by atoms with van der Waals surface area (Å²) in [6.07, 6.45) is 4.52. The van der Waals surface area contributed by atoms with Gasteiger partial charge in [0, 0.05) is 6.08 Å². The van der Waals surface area contributed by atoms with Gasteiger partial charge >= 0.3 is 6.61 Å². The highest BCUT2D eigenvalue weighted by Gasteiger charge is 2.18. The number of nitrogens with one attached hydrogen (secondary N) is 1. The van der Waals surface area contributed by atoms with Gasteiger partial charge in [0.25, 0.3) is 0 Å². The second kappa shape index (κ2) is 8.80. The first-order chi connectivity index (χ1) is 13.1. The Kier molecular flexibility index (Phi) is 5.99. The molecule has 3 rings (SSSR count). The summed E-state index contributed by atoms with van der Waals surface area (Å²) in [5, 5.41) is 2.90. The Morgan fingerprint density at radius 2 is 1.74 bits per heavy atom. The largest absolute Gasteiger partial charge is 0.467 e. The van der Waals surface area contributed by atoms with Crippen molar-refractivity contribution in [1.29, 1.82) is 0 Å². The van der Waals surface area contributed by atoms with Crippen LogP contribution in [0.3, 0.4) is 0 Å². The first-order valence-electron chi connectivity index (χ1n) is 8.23. The minimum Gasteiger partial charge on any atom is -0.467 e. The number of carbonyl (C=O) groups is 1. The molecule has 0 aliphatic heterocycles. The summed E-state index contributed by atoms with van der Waals surface area (Å²) in [5.74, 6) is 0.373. The van der Waals surface area contributed by atoms with Gasteiger partial charge in [-0.1, -0.05) is 42.5 Å². The SMILES string of the molecule is O=C(/C=C/c1ccc(OC(F)F)cc1)N[C@@H](c1ccccc1)c1ccco1. The van der Waals surface area contributed by atoms with E-state index in [-0.39, 0.29) is 11.7 Å². The minimum absolute atomic E-state index is 0.0635. The van der Waals surface area contributed by atoms with Gasteiger partial charge in [-0.2, -0.15) is 8.78 Å². The Labute approximate surface area is 155 Å². The van der Waals surface area contributed by atoms with Gasteiger partial charge in [-0.15, -0.1) is 0 Å². The maximum absolute atomic E-state index is 12.3. The molecule has 138 valence electrons. The highest BCUT2D eigenvalue weighted by Crippen LogP contribution is 2.22. The van der Waals surface area contributed by atoms with Crippen LogP contribution in [0.25, 0.3) is 6.08 Å². The van der Waals surface area contributed by atoms with Gasteiger partial charge < -0.3 is 14.5 Å². The molecule has 0 saturated heterocycles. The summed E-state index contributed by atoms with van der Waals surface area (Å²) in [6, 6.07) is 18.6. The van der Waals surface area contributed by atoms with Gasteiger partial charge in [-0.05, 0) is 41.5 Å². The predicted octanol–water partition coefficient (Wildman–Crippen LogP) is 4.80. The standard InChI is InChI=1S/C21H17F2NO3/c22-21(23)27-17-11-8-15(9-12-17)10-13-19(25)24-20(18-7-4-14-26-18)16-5-2-1-3-6-16/h1-14,20-21H,(H,24,25)/b13-10+/t20-/m0/s1. The lowest BCUT2D eigenvalue weighted by molar-refractivity contribution is -0.117. The number of hydrogen-bond acceptors (Lipinski definition) is 3. The summed E-state index contributed by atoms with van der Waals surface area (Å²) in [5.41, 5.74) is 1.57. The van der Waals surface area contributed by atoms with Crippen LogP contribution in [0, 0.1) is 0 Å². The third-order valence-corrected chi connectivity index (χ3v) is 3.78. The van der Waals surface area contributed by atoms with Crippen molar-refractivity contribution in [3.8, 4) is 5.75 Å². The van der Waals surface area contributed by atoms with Gasteiger partial charge in [-0.3, -0.25) is 4.79 Å². The number of amides is 1. The number of hydrogen-bond donors (Lipinski definition) is 1. The lowest BCUT2D eigenvalue weighted by Crippen LogP contribution is -2.27. The summed E-state index contributed by atoms with van der Waals surface area (Å²) >= 11 is 0. The first-order valence-corrected chi connectivity index (χ1v) is 8.23. The number of rotatable bonds is 7. The highest BCUT2D eigenvalue weighted by atomic mass is 19.3. The number of halogens is 2. The van der Waals surface area contributed by atoms with E-state index in [1.165, 1.54) is 18.2 Å². The quantitative estimate of drug-likeness (QED) is 0.609. The average molecular weight is 369 g/mol. The number of ether oxygens (including phenoxy) is 1. The van der Waals surface area contributed by atoms with Gasteiger partial charge in [0.15, 0.2) is 0 Å². The van der Waals surface area contributed by atoms with Crippen LogP contribution in [0.15, 0.2) is 83.5 Å². The molecule has 3 aromatic rings. The molecule has 0 aliphatic carbocycles. The van der Waals surface area contributed by atoms with Crippen molar-refractivity contribution < 1.29 is 22.7 Å². The summed E-state index contributed by atoms with van der Waals surface area (Å²) in [7, 11) is 0. The smallest absolute Gasteiger partial charge is 0.387 e. The Bertz CT molecular complexity index is 876. The monoisotopic (exact) mass is 369 g/mol. The molecule has 27 heavy (non-hydrogen) atoms. The van der Waals surface area contributed by atoms with E-state index < -0.39 is 12.7 Å². The normalized spacial score (nSPS) is 12.3. The van der Waals surface area contributed by atoms with Gasteiger partial charge in [0.1, 0.15) is 17.6 Å². The van der Waals surface area contributed by atoms with E-state index in [1.807, 2.05) is 30.3 Å². The summed E-state index contributed by atoms with van der Waals surface area (Å²) < 4.78 is 34.0. The van der Waals surface area contributed by atoms with Crippen molar-refractivity contribution in [3.63, 3.8) is 0 Å². The van der Waals surface area contributed by atoms with Crippen LogP contribution < -0.4 is 10.1 Å². The molecule has 6 heteroatoms. The molecule has 1 aromatic heterocycles. The number of alkyl halides is 2. The maximum atomic E-state index is 12.3. The number of benzene rings is 2. The molecule has 0 unspecified atom stereocenters. The van der Waals surface area contributed by atoms with Crippen molar-refractivity contribution in [2.45, 2.75) is 12.7 Å². The van der Waals surface area contributed by atoms with Crippen molar-refractivity contribution in [3.05, 3.63) is 96.0 Å².